The highest BCUT2D eigenvalue weighted by molar-refractivity contribution is 5.97. The Hall–Kier alpha value is -3.40. The molecule has 4 N–H and O–H groups in total. The molecule has 1 unspecified atom stereocenters. The minimum Gasteiger partial charge on any atom is -0.381 e. The molecule has 4 heterocycles. The zero-order valence-electron chi connectivity index (χ0n) is 18.2. The summed E-state index contributed by atoms with van der Waals surface area (Å²) in [6.45, 7) is 4.72. The third-order valence-corrected chi connectivity index (χ3v) is 5.45. The van der Waals surface area contributed by atoms with E-state index in [9.17, 15) is 4.79 Å². The van der Waals surface area contributed by atoms with Gasteiger partial charge in [0, 0.05) is 45.5 Å². The quantitative estimate of drug-likeness (QED) is 0.439. The van der Waals surface area contributed by atoms with Crippen molar-refractivity contribution in [2.45, 2.75) is 18.9 Å². The summed E-state index contributed by atoms with van der Waals surface area (Å²) < 4.78 is 11.1. The molecule has 2 aliphatic heterocycles. The topological polar surface area (TPSA) is 159 Å². The monoisotopic (exact) mass is 453 g/mol. The Morgan fingerprint density at radius 1 is 1.15 bits per heavy atom. The van der Waals surface area contributed by atoms with Crippen molar-refractivity contribution in [1.82, 2.24) is 30.8 Å². The van der Waals surface area contributed by atoms with E-state index in [0.717, 1.165) is 39.1 Å². The maximum Gasteiger partial charge on any atom is 0.273 e. The van der Waals surface area contributed by atoms with Crippen LogP contribution in [0.5, 0.6) is 0 Å². The van der Waals surface area contributed by atoms with Crippen molar-refractivity contribution in [2.24, 2.45) is 5.92 Å². The van der Waals surface area contributed by atoms with Crippen LogP contribution in [-0.2, 0) is 9.47 Å². The number of morpholine rings is 1. The number of amides is 1. The first-order valence-corrected chi connectivity index (χ1v) is 11.0. The van der Waals surface area contributed by atoms with E-state index in [1.54, 1.807) is 6.07 Å². The lowest BCUT2D eigenvalue weighted by atomic mass is 10.0. The van der Waals surface area contributed by atoms with Gasteiger partial charge in [0.1, 0.15) is 11.9 Å². The van der Waals surface area contributed by atoms with E-state index in [1.807, 2.05) is 6.07 Å². The van der Waals surface area contributed by atoms with Crippen LogP contribution in [0.3, 0.4) is 0 Å². The number of nitrogens with zero attached hydrogens (tertiary/aromatic N) is 5. The van der Waals surface area contributed by atoms with Crippen LogP contribution in [0.4, 0.5) is 17.3 Å². The molecule has 0 aromatic carbocycles. The molecule has 1 amide bonds. The van der Waals surface area contributed by atoms with Crippen LogP contribution in [0.1, 0.15) is 29.0 Å². The predicted octanol–water partition coefficient (Wildman–Crippen LogP) is 0.439. The fourth-order valence-electron chi connectivity index (χ4n) is 3.58. The Labute approximate surface area is 191 Å². The summed E-state index contributed by atoms with van der Waals surface area (Å²) in [5, 5.41) is 29.7. The highest BCUT2D eigenvalue weighted by atomic mass is 16.5. The smallest absolute Gasteiger partial charge is 0.273 e. The van der Waals surface area contributed by atoms with Gasteiger partial charge in [-0.3, -0.25) is 4.79 Å². The largest absolute Gasteiger partial charge is 0.381 e. The first kappa shape index (κ1) is 22.8. The zero-order valence-corrected chi connectivity index (χ0v) is 18.2. The first-order chi connectivity index (χ1) is 16.2. The number of hydrogen-bond donors (Lipinski definition) is 4. The summed E-state index contributed by atoms with van der Waals surface area (Å²) >= 11 is 0. The van der Waals surface area contributed by atoms with E-state index in [1.165, 1.54) is 12.4 Å². The average Bonchev–Trinajstić information content (AvgIpc) is 2.88. The van der Waals surface area contributed by atoms with Crippen molar-refractivity contribution < 1.29 is 14.3 Å². The minimum absolute atomic E-state index is 0.0223. The second kappa shape index (κ2) is 11.5. The summed E-state index contributed by atoms with van der Waals surface area (Å²) in [4.78, 5) is 21.0. The molecule has 0 bridgehead atoms. The van der Waals surface area contributed by atoms with E-state index in [-0.39, 0.29) is 23.4 Å². The van der Waals surface area contributed by atoms with Crippen molar-refractivity contribution in [1.29, 1.82) is 5.26 Å². The van der Waals surface area contributed by atoms with Gasteiger partial charge >= 0.3 is 0 Å². The van der Waals surface area contributed by atoms with Crippen LogP contribution in [0.15, 0.2) is 18.5 Å². The Morgan fingerprint density at radius 3 is 2.76 bits per heavy atom. The summed E-state index contributed by atoms with van der Waals surface area (Å²) in [5.74, 6) is 0.902. The van der Waals surface area contributed by atoms with Crippen molar-refractivity contribution in [3.8, 4) is 6.07 Å². The van der Waals surface area contributed by atoms with Gasteiger partial charge in [-0.15, -0.1) is 10.2 Å². The lowest BCUT2D eigenvalue weighted by Gasteiger charge is -2.25. The zero-order chi connectivity index (χ0) is 22.9. The molecule has 0 saturated carbocycles. The summed E-state index contributed by atoms with van der Waals surface area (Å²) in [6.07, 6.45) is 4.63. The number of aromatic nitrogens is 4. The number of hydrogen-bond acceptors (Lipinski definition) is 11. The Bertz CT molecular complexity index is 968. The van der Waals surface area contributed by atoms with Gasteiger partial charge in [0.15, 0.2) is 17.2 Å². The number of carbonyl (C=O) groups is 1. The van der Waals surface area contributed by atoms with Crippen molar-refractivity contribution >= 4 is 23.2 Å². The molecule has 2 aromatic heterocycles. The van der Waals surface area contributed by atoms with Crippen LogP contribution < -0.4 is 21.3 Å². The Morgan fingerprint density at radius 2 is 2.03 bits per heavy atom. The maximum atomic E-state index is 12.9. The fourth-order valence-corrected chi connectivity index (χ4v) is 3.58. The molecule has 4 rings (SSSR count). The van der Waals surface area contributed by atoms with Gasteiger partial charge in [-0.1, -0.05) is 0 Å². The van der Waals surface area contributed by atoms with Gasteiger partial charge in [0.05, 0.1) is 30.8 Å². The van der Waals surface area contributed by atoms with Crippen molar-refractivity contribution in [3.05, 3.63) is 29.8 Å². The van der Waals surface area contributed by atoms with Gasteiger partial charge in [-0.25, -0.2) is 9.97 Å². The standard InChI is InChI=1S/C21H27N9O3/c22-8-15-10-26-19(13-24-15)28-18-7-17(25-12-16-11-23-3-6-33-16)20(30-29-18)21(31)27-9-14-1-4-32-5-2-14/h7,10,13-14,16,23H,1-6,9,11-12H2,(H,27,31)(H2,25,26,28,29). The second-order valence-corrected chi connectivity index (χ2v) is 7.86. The third kappa shape index (κ3) is 6.55. The molecule has 2 aliphatic rings. The molecule has 12 nitrogen and oxygen atoms in total. The normalized spacial score (nSPS) is 18.8. The molecule has 0 aliphatic carbocycles. The first-order valence-electron chi connectivity index (χ1n) is 11.0. The summed E-state index contributed by atoms with van der Waals surface area (Å²) in [5.41, 5.74) is 0.960. The van der Waals surface area contributed by atoms with Gasteiger partial charge in [-0.2, -0.15) is 5.26 Å². The van der Waals surface area contributed by atoms with Crippen LogP contribution in [-0.4, -0.2) is 78.2 Å². The van der Waals surface area contributed by atoms with Crippen molar-refractivity contribution in [2.75, 3.05) is 56.6 Å². The molecule has 174 valence electrons. The van der Waals surface area contributed by atoms with E-state index >= 15 is 0 Å². The lowest BCUT2D eigenvalue weighted by molar-refractivity contribution is 0.0372. The molecule has 2 fully saturated rings. The molecular formula is C21H27N9O3. The maximum absolute atomic E-state index is 12.9. The molecule has 2 saturated heterocycles. The SMILES string of the molecule is N#Cc1cnc(Nc2cc(NCC3CNCCO3)c(C(=O)NCC3CCOCC3)nn2)cn1. The van der Waals surface area contributed by atoms with Crippen LogP contribution in [0.2, 0.25) is 0 Å². The number of nitriles is 1. The highest BCUT2D eigenvalue weighted by Gasteiger charge is 2.20. The Kier molecular flexibility index (Phi) is 7.91. The lowest BCUT2D eigenvalue weighted by Crippen LogP contribution is -2.42. The molecule has 2 aromatic rings. The van der Waals surface area contributed by atoms with Gasteiger partial charge in [0.25, 0.3) is 5.91 Å². The van der Waals surface area contributed by atoms with Crippen LogP contribution in [0, 0.1) is 17.2 Å². The van der Waals surface area contributed by atoms with E-state index < -0.39 is 0 Å². The second-order valence-electron chi connectivity index (χ2n) is 7.86. The van der Waals surface area contributed by atoms with E-state index in [2.05, 4.69) is 41.4 Å². The molecule has 33 heavy (non-hydrogen) atoms. The number of carbonyl (C=O) groups excluding carboxylic acids is 1. The predicted molar refractivity (Wildman–Crippen MR) is 119 cm³/mol. The molecule has 12 heteroatoms. The number of ether oxygens (including phenoxy) is 2. The third-order valence-electron chi connectivity index (χ3n) is 5.45. The molecular weight excluding hydrogens is 426 g/mol. The van der Waals surface area contributed by atoms with Crippen molar-refractivity contribution in [3.63, 3.8) is 0 Å². The van der Waals surface area contributed by atoms with Gasteiger partial charge < -0.3 is 30.7 Å². The number of rotatable bonds is 8. The fraction of sp³-hybridized carbons (Fsp3) is 0.524. The van der Waals surface area contributed by atoms with E-state index in [4.69, 9.17) is 14.7 Å². The van der Waals surface area contributed by atoms with E-state index in [0.29, 0.717) is 42.9 Å². The Balaban J connectivity index is 1.46. The molecule has 0 radical (unpaired) electrons. The summed E-state index contributed by atoms with van der Waals surface area (Å²) in [6, 6.07) is 3.62. The van der Waals surface area contributed by atoms with Crippen LogP contribution >= 0.6 is 0 Å². The molecule has 0 spiro atoms. The van der Waals surface area contributed by atoms with Gasteiger partial charge in [-0.05, 0) is 18.8 Å². The average molecular weight is 454 g/mol. The number of anilines is 3. The highest BCUT2D eigenvalue weighted by Crippen LogP contribution is 2.20. The molecule has 1 atom stereocenters. The van der Waals surface area contributed by atoms with Gasteiger partial charge in [0.2, 0.25) is 0 Å². The number of nitrogens with one attached hydrogen (secondary N) is 4. The summed E-state index contributed by atoms with van der Waals surface area (Å²) in [7, 11) is 0. The minimum atomic E-state index is -0.288. The van der Waals surface area contributed by atoms with Crippen LogP contribution in [0.25, 0.3) is 0 Å².